The van der Waals surface area contributed by atoms with Crippen LogP contribution in [0.15, 0.2) is 24.3 Å². The molecule has 0 unspecified atom stereocenters. The first-order chi connectivity index (χ1) is 14.8. The molecule has 1 aliphatic rings. The first kappa shape index (κ1) is 25.8. The second kappa shape index (κ2) is 10.9. The molecule has 0 saturated carbocycles. The Morgan fingerprint density at radius 2 is 1.50 bits per heavy atom. The van der Waals surface area contributed by atoms with Crippen LogP contribution in [0.2, 0.25) is 0 Å². The molecule has 2 N–H and O–H groups in total. The Labute approximate surface area is 192 Å². The minimum atomic E-state index is -0.570. The molecule has 2 rings (SSSR count). The first-order valence-electron chi connectivity index (χ1n) is 11.2. The normalized spacial score (nSPS) is 19.7. The van der Waals surface area contributed by atoms with Crippen molar-refractivity contribution in [2.75, 3.05) is 26.7 Å². The standard InChI is InChI=1S/C24H39N3O5/c1-23(2,3)31-21(28)25-18-14-19(26-22(29)32-24(4,5)6)16-27(15-18)12-11-17-9-8-10-20(13-17)30-7/h8-10,13,18-19H,11-12,14-16H2,1-7H3,(H,25,28)(H,26,29)/t18-,19+. The molecule has 180 valence electrons. The zero-order valence-electron chi connectivity index (χ0n) is 20.5. The number of piperidine rings is 1. The van der Waals surface area contributed by atoms with Crippen molar-refractivity contribution in [3.05, 3.63) is 29.8 Å². The van der Waals surface area contributed by atoms with Gasteiger partial charge in [0.05, 0.1) is 7.11 Å². The highest BCUT2D eigenvalue weighted by atomic mass is 16.6. The zero-order valence-corrected chi connectivity index (χ0v) is 20.5. The summed E-state index contributed by atoms with van der Waals surface area (Å²) < 4.78 is 16.1. The number of methoxy groups -OCH3 is 1. The number of alkyl carbamates (subject to hydrolysis) is 2. The summed E-state index contributed by atoms with van der Waals surface area (Å²) in [4.78, 5) is 26.9. The number of ether oxygens (including phenoxy) is 3. The highest BCUT2D eigenvalue weighted by Crippen LogP contribution is 2.17. The van der Waals surface area contributed by atoms with Crippen LogP contribution in [0.1, 0.15) is 53.5 Å². The quantitative estimate of drug-likeness (QED) is 0.688. The van der Waals surface area contributed by atoms with Crippen LogP contribution in [0.25, 0.3) is 0 Å². The lowest BCUT2D eigenvalue weighted by atomic mass is 10.00. The van der Waals surface area contributed by atoms with E-state index >= 15 is 0 Å². The van der Waals surface area contributed by atoms with Crippen molar-refractivity contribution >= 4 is 12.2 Å². The molecule has 8 heteroatoms. The molecule has 1 fully saturated rings. The molecule has 0 spiro atoms. The fourth-order valence-electron chi connectivity index (χ4n) is 3.65. The van der Waals surface area contributed by atoms with Crippen molar-refractivity contribution in [2.45, 2.75) is 77.7 Å². The topological polar surface area (TPSA) is 89.1 Å². The minimum absolute atomic E-state index is 0.149. The molecule has 0 radical (unpaired) electrons. The van der Waals surface area contributed by atoms with E-state index in [1.165, 1.54) is 5.56 Å². The fourth-order valence-corrected chi connectivity index (χ4v) is 3.65. The maximum absolute atomic E-state index is 12.3. The maximum atomic E-state index is 12.3. The SMILES string of the molecule is COc1cccc(CCN2C[C@H](NC(=O)OC(C)(C)C)C[C@H](NC(=O)OC(C)(C)C)C2)c1. The summed E-state index contributed by atoms with van der Waals surface area (Å²) in [5.74, 6) is 0.829. The zero-order chi connectivity index (χ0) is 23.9. The molecule has 2 amide bonds. The van der Waals surface area contributed by atoms with Crippen LogP contribution in [-0.4, -0.2) is 67.1 Å². The van der Waals surface area contributed by atoms with E-state index in [9.17, 15) is 9.59 Å². The summed E-state index contributed by atoms with van der Waals surface area (Å²) in [6, 6.07) is 7.69. The lowest BCUT2D eigenvalue weighted by Crippen LogP contribution is -2.58. The molecule has 8 nitrogen and oxygen atoms in total. The molecular formula is C24H39N3O5. The van der Waals surface area contributed by atoms with Gasteiger partial charge in [0.15, 0.2) is 0 Å². The van der Waals surface area contributed by atoms with Gasteiger partial charge in [-0.05, 0) is 72.1 Å². The highest BCUT2D eigenvalue weighted by Gasteiger charge is 2.31. The van der Waals surface area contributed by atoms with Gasteiger partial charge in [0.25, 0.3) is 0 Å². The van der Waals surface area contributed by atoms with Crippen molar-refractivity contribution in [2.24, 2.45) is 0 Å². The van der Waals surface area contributed by atoms with E-state index < -0.39 is 23.4 Å². The molecule has 0 aromatic heterocycles. The van der Waals surface area contributed by atoms with Gasteiger partial charge in [-0.25, -0.2) is 9.59 Å². The van der Waals surface area contributed by atoms with Crippen molar-refractivity contribution in [3.8, 4) is 5.75 Å². The number of likely N-dealkylation sites (tertiary alicyclic amines) is 1. The highest BCUT2D eigenvalue weighted by molar-refractivity contribution is 5.69. The van der Waals surface area contributed by atoms with Crippen molar-refractivity contribution in [1.29, 1.82) is 0 Å². The number of carbonyl (C=O) groups excluding carboxylic acids is 2. The van der Waals surface area contributed by atoms with Crippen LogP contribution in [0, 0.1) is 0 Å². The van der Waals surface area contributed by atoms with Crippen molar-refractivity contribution in [3.63, 3.8) is 0 Å². The van der Waals surface area contributed by atoms with Crippen LogP contribution in [0.5, 0.6) is 5.75 Å². The Hall–Kier alpha value is -2.48. The summed E-state index contributed by atoms with van der Waals surface area (Å²) in [5, 5.41) is 5.92. The largest absolute Gasteiger partial charge is 0.497 e. The summed E-state index contributed by atoms with van der Waals surface area (Å²) in [6.45, 7) is 13.1. The number of nitrogens with one attached hydrogen (secondary N) is 2. The van der Waals surface area contributed by atoms with E-state index in [0.717, 1.165) is 18.7 Å². The molecule has 32 heavy (non-hydrogen) atoms. The van der Waals surface area contributed by atoms with Crippen LogP contribution in [-0.2, 0) is 15.9 Å². The predicted molar refractivity (Wildman–Crippen MR) is 124 cm³/mol. The Morgan fingerprint density at radius 3 is 1.97 bits per heavy atom. The molecule has 1 heterocycles. The van der Waals surface area contributed by atoms with Crippen LogP contribution < -0.4 is 15.4 Å². The lowest BCUT2D eigenvalue weighted by molar-refractivity contribution is 0.0414. The molecule has 0 bridgehead atoms. The second-order valence-corrected chi connectivity index (χ2v) is 10.3. The third-order valence-electron chi connectivity index (χ3n) is 4.82. The second-order valence-electron chi connectivity index (χ2n) is 10.3. The number of benzene rings is 1. The van der Waals surface area contributed by atoms with E-state index in [2.05, 4.69) is 21.6 Å². The monoisotopic (exact) mass is 449 g/mol. The average molecular weight is 450 g/mol. The van der Waals surface area contributed by atoms with Crippen molar-refractivity contribution < 1.29 is 23.8 Å². The maximum Gasteiger partial charge on any atom is 0.407 e. The number of hydrogen-bond donors (Lipinski definition) is 2. The van der Waals surface area contributed by atoms with E-state index in [-0.39, 0.29) is 12.1 Å². The van der Waals surface area contributed by atoms with Gasteiger partial charge >= 0.3 is 12.2 Å². The fraction of sp³-hybridized carbons (Fsp3) is 0.667. The molecule has 2 atom stereocenters. The first-order valence-corrected chi connectivity index (χ1v) is 11.2. The molecule has 1 aromatic rings. The third-order valence-corrected chi connectivity index (χ3v) is 4.82. The predicted octanol–water partition coefficient (Wildman–Crippen LogP) is 3.73. The minimum Gasteiger partial charge on any atom is -0.497 e. The van der Waals surface area contributed by atoms with Gasteiger partial charge in [-0.1, -0.05) is 12.1 Å². The molecule has 0 aliphatic carbocycles. The lowest BCUT2D eigenvalue weighted by Gasteiger charge is -2.38. The van der Waals surface area contributed by atoms with E-state index in [1.807, 2.05) is 59.7 Å². The number of hydrogen-bond acceptors (Lipinski definition) is 6. The number of amides is 2. The van der Waals surface area contributed by atoms with Crippen LogP contribution >= 0.6 is 0 Å². The molecular weight excluding hydrogens is 410 g/mol. The van der Waals surface area contributed by atoms with Gasteiger partial charge in [-0.3, -0.25) is 4.90 Å². The van der Waals surface area contributed by atoms with Crippen molar-refractivity contribution in [1.82, 2.24) is 15.5 Å². The van der Waals surface area contributed by atoms with E-state index in [4.69, 9.17) is 14.2 Å². The van der Waals surface area contributed by atoms with Gasteiger partial charge in [0.1, 0.15) is 17.0 Å². The van der Waals surface area contributed by atoms with Gasteiger partial charge in [-0.15, -0.1) is 0 Å². The molecule has 1 aromatic carbocycles. The third kappa shape index (κ3) is 9.77. The summed E-state index contributed by atoms with van der Waals surface area (Å²) in [5.41, 5.74) is 0.0287. The van der Waals surface area contributed by atoms with Crippen LogP contribution in [0.3, 0.4) is 0 Å². The number of nitrogens with zero attached hydrogens (tertiary/aromatic N) is 1. The Bertz CT molecular complexity index is 732. The summed E-state index contributed by atoms with van der Waals surface area (Å²) >= 11 is 0. The smallest absolute Gasteiger partial charge is 0.407 e. The molecule has 1 saturated heterocycles. The van der Waals surface area contributed by atoms with Gasteiger partial charge in [-0.2, -0.15) is 0 Å². The van der Waals surface area contributed by atoms with Crippen LogP contribution in [0.4, 0.5) is 9.59 Å². The van der Waals surface area contributed by atoms with Gasteiger partial charge in [0.2, 0.25) is 0 Å². The van der Waals surface area contributed by atoms with E-state index in [0.29, 0.717) is 19.5 Å². The Kier molecular flexibility index (Phi) is 8.78. The number of rotatable bonds is 6. The summed E-state index contributed by atoms with van der Waals surface area (Å²) in [6.07, 6.45) is 0.533. The summed E-state index contributed by atoms with van der Waals surface area (Å²) in [7, 11) is 1.66. The average Bonchev–Trinajstić information content (AvgIpc) is 2.63. The number of carbonyl (C=O) groups is 2. The van der Waals surface area contributed by atoms with E-state index in [1.54, 1.807) is 7.11 Å². The van der Waals surface area contributed by atoms with Gasteiger partial charge < -0.3 is 24.8 Å². The Morgan fingerprint density at radius 1 is 0.969 bits per heavy atom. The molecule has 1 aliphatic heterocycles. The van der Waals surface area contributed by atoms with Gasteiger partial charge in [0, 0.05) is 31.7 Å². The Balaban J connectivity index is 2.02.